The van der Waals surface area contributed by atoms with Crippen LogP contribution in [0, 0.1) is 0 Å². The Labute approximate surface area is 134 Å². The molecule has 1 rings (SSSR count). The van der Waals surface area contributed by atoms with Crippen molar-refractivity contribution in [3.05, 3.63) is 29.3 Å². The van der Waals surface area contributed by atoms with Gasteiger partial charge in [-0.3, -0.25) is 9.59 Å². The maximum Gasteiger partial charge on any atom is 0.323 e. The average Bonchev–Trinajstić information content (AvgIpc) is 2.36. The molecule has 0 aliphatic carbocycles. The van der Waals surface area contributed by atoms with Crippen LogP contribution in [0.15, 0.2) is 29.2 Å². The lowest BCUT2D eigenvalue weighted by Crippen LogP contribution is -2.48. The van der Waals surface area contributed by atoms with Crippen LogP contribution in [0.4, 0.5) is 0 Å². The van der Waals surface area contributed by atoms with E-state index in [4.69, 9.17) is 16.7 Å². The molecular formula is C15H20ClNO3S. The zero-order valence-electron chi connectivity index (χ0n) is 12.4. The summed E-state index contributed by atoms with van der Waals surface area (Å²) in [5.41, 5.74) is -0.509. The summed E-state index contributed by atoms with van der Waals surface area (Å²) in [6.07, 6.45) is 0.278. The first kappa shape index (κ1) is 17.9. The number of hydrogen-bond donors (Lipinski definition) is 1. The molecule has 0 heterocycles. The van der Waals surface area contributed by atoms with Gasteiger partial charge < -0.3 is 10.0 Å². The van der Waals surface area contributed by atoms with Crippen molar-refractivity contribution >= 4 is 35.2 Å². The molecule has 0 radical (unpaired) electrons. The van der Waals surface area contributed by atoms with Crippen molar-refractivity contribution in [3.63, 3.8) is 0 Å². The minimum atomic E-state index is -1.00. The lowest BCUT2D eigenvalue weighted by molar-refractivity contribution is -0.148. The third-order valence-electron chi connectivity index (χ3n) is 2.81. The van der Waals surface area contributed by atoms with E-state index in [9.17, 15) is 9.59 Å². The van der Waals surface area contributed by atoms with Gasteiger partial charge in [0.05, 0.1) is 5.02 Å². The van der Waals surface area contributed by atoms with Gasteiger partial charge in [0.2, 0.25) is 5.91 Å². The largest absolute Gasteiger partial charge is 0.480 e. The Kier molecular flexibility index (Phi) is 6.55. The number of aliphatic carboxylic acids is 1. The van der Waals surface area contributed by atoms with Crippen molar-refractivity contribution in [2.24, 2.45) is 0 Å². The number of amides is 1. The number of benzene rings is 1. The van der Waals surface area contributed by atoms with E-state index in [1.54, 1.807) is 6.07 Å². The zero-order valence-corrected chi connectivity index (χ0v) is 14.0. The number of carbonyl (C=O) groups is 2. The Morgan fingerprint density at radius 1 is 1.29 bits per heavy atom. The van der Waals surface area contributed by atoms with Crippen molar-refractivity contribution in [1.82, 2.24) is 4.90 Å². The van der Waals surface area contributed by atoms with Crippen molar-refractivity contribution in [2.75, 3.05) is 12.3 Å². The lowest BCUT2D eigenvalue weighted by atomic mass is 10.1. The van der Waals surface area contributed by atoms with Crippen LogP contribution in [0.2, 0.25) is 5.02 Å². The second kappa shape index (κ2) is 7.71. The van der Waals surface area contributed by atoms with E-state index in [2.05, 4.69) is 0 Å². The highest BCUT2D eigenvalue weighted by Gasteiger charge is 2.27. The third-order valence-corrected chi connectivity index (χ3v) is 4.33. The van der Waals surface area contributed by atoms with Gasteiger partial charge in [-0.2, -0.15) is 0 Å². The van der Waals surface area contributed by atoms with Crippen LogP contribution < -0.4 is 0 Å². The van der Waals surface area contributed by atoms with Gasteiger partial charge in [-0.05, 0) is 32.9 Å². The Balaban J connectivity index is 2.58. The molecule has 0 aliphatic rings. The lowest BCUT2D eigenvalue weighted by Gasteiger charge is -2.34. The monoisotopic (exact) mass is 329 g/mol. The van der Waals surface area contributed by atoms with Crippen LogP contribution in [0.5, 0.6) is 0 Å². The van der Waals surface area contributed by atoms with Gasteiger partial charge in [0.15, 0.2) is 0 Å². The van der Waals surface area contributed by atoms with Crippen LogP contribution in [-0.2, 0) is 9.59 Å². The molecule has 21 heavy (non-hydrogen) atoms. The zero-order chi connectivity index (χ0) is 16.0. The molecule has 0 saturated heterocycles. The highest BCUT2D eigenvalue weighted by Crippen LogP contribution is 2.27. The fourth-order valence-electron chi connectivity index (χ4n) is 1.78. The highest BCUT2D eigenvalue weighted by molar-refractivity contribution is 7.99. The molecule has 0 unspecified atom stereocenters. The first-order valence-corrected chi connectivity index (χ1v) is 7.98. The van der Waals surface area contributed by atoms with Crippen LogP contribution >= 0.6 is 23.4 Å². The van der Waals surface area contributed by atoms with E-state index in [0.717, 1.165) is 4.90 Å². The van der Waals surface area contributed by atoms with Crippen molar-refractivity contribution < 1.29 is 14.7 Å². The van der Waals surface area contributed by atoms with Gasteiger partial charge in [-0.15, -0.1) is 11.8 Å². The topological polar surface area (TPSA) is 57.6 Å². The van der Waals surface area contributed by atoms with Crippen LogP contribution in [-0.4, -0.2) is 39.7 Å². The summed E-state index contributed by atoms with van der Waals surface area (Å²) in [5, 5.41) is 9.58. The maximum absolute atomic E-state index is 12.2. The Morgan fingerprint density at radius 2 is 1.90 bits per heavy atom. The van der Waals surface area contributed by atoms with Crippen molar-refractivity contribution in [1.29, 1.82) is 0 Å². The Morgan fingerprint density at radius 3 is 2.43 bits per heavy atom. The summed E-state index contributed by atoms with van der Waals surface area (Å²) in [4.78, 5) is 25.4. The molecule has 0 saturated carbocycles. The average molecular weight is 330 g/mol. The number of nitrogens with zero attached hydrogens (tertiary/aromatic N) is 1. The molecule has 1 aromatic carbocycles. The molecule has 0 spiro atoms. The number of hydrogen-bond acceptors (Lipinski definition) is 3. The number of thioether (sulfide) groups is 1. The molecule has 116 valence electrons. The molecule has 0 fully saturated rings. The van der Waals surface area contributed by atoms with Crippen molar-refractivity contribution in [3.8, 4) is 0 Å². The summed E-state index contributed by atoms with van der Waals surface area (Å²) in [7, 11) is 0. The van der Waals surface area contributed by atoms with Crippen LogP contribution in [0.25, 0.3) is 0 Å². The molecule has 4 nitrogen and oxygen atoms in total. The smallest absolute Gasteiger partial charge is 0.323 e. The molecule has 0 atom stereocenters. The Hall–Kier alpha value is -1.20. The highest BCUT2D eigenvalue weighted by atomic mass is 35.5. The number of carboxylic acids is 1. The van der Waals surface area contributed by atoms with E-state index in [0.29, 0.717) is 10.8 Å². The SMILES string of the molecule is CC(C)(C)N(CC(=O)O)C(=O)CCSc1ccccc1Cl. The fourth-order valence-corrected chi connectivity index (χ4v) is 2.96. The maximum atomic E-state index is 12.2. The molecule has 6 heteroatoms. The third kappa shape index (κ3) is 5.98. The summed E-state index contributed by atoms with van der Waals surface area (Å²) < 4.78 is 0. The van der Waals surface area contributed by atoms with E-state index in [-0.39, 0.29) is 18.9 Å². The molecule has 0 aliphatic heterocycles. The predicted octanol–water partition coefficient (Wildman–Crippen LogP) is 3.53. The normalized spacial score (nSPS) is 11.2. The van der Waals surface area contributed by atoms with Gasteiger partial charge >= 0.3 is 5.97 Å². The number of carboxylic acid groups (broad SMARTS) is 1. The second-order valence-electron chi connectivity index (χ2n) is 5.57. The number of carbonyl (C=O) groups excluding carboxylic acids is 1. The van der Waals surface area contributed by atoms with Gasteiger partial charge in [-0.25, -0.2) is 0 Å². The summed E-state index contributed by atoms with van der Waals surface area (Å²) >= 11 is 7.55. The molecule has 1 amide bonds. The Bertz CT molecular complexity index is 514. The van der Waals surface area contributed by atoms with Crippen LogP contribution in [0.1, 0.15) is 27.2 Å². The quantitative estimate of drug-likeness (QED) is 0.811. The number of halogens is 1. The predicted molar refractivity (Wildman–Crippen MR) is 85.9 cm³/mol. The summed E-state index contributed by atoms with van der Waals surface area (Å²) in [6, 6.07) is 7.45. The van der Waals surface area contributed by atoms with E-state index >= 15 is 0 Å². The second-order valence-corrected chi connectivity index (χ2v) is 7.12. The molecule has 1 aromatic rings. The molecule has 0 bridgehead atoms. The van der Waals surface area contributed by atoms with Crippen molar-refractivity contribution in [2.45, 2.75) is 37.6 Å². The minimum absolute atomic E-state index is 0.163. The van der Waals surface area contributed by atoms with E-state index in [1.165, 1.54) is 16.7 Å². The summed E-state index contributed by atoms with van der Waals surface area (Å²) in [5.74, 6) is -0.601. The summed E-state index contributed by atoms with van der Waals surface area (Å²) in [6.45, 7) is 5.21. The first-order valence-electron chi connectivity index (χ1n) is 6.61. The van der Waals surface area contributed by atoms with Gasteiger partial charge in [0, 0.05) is 22.6 Å². The standard InChI is InChI=1S/C15H20ClNO3S/c1-15(2,3)17(10-14(19)20)13(18)8-9-21-12-7-5-4-6-11(12)16/h4-7H,8-10H2,1-3H3,(H,19,20). The molecule has 0 aromatic heterocycles. The van der Waals surface area contributed by atoms with Gasteiger partial charge in [0.25, 0.3) is 0 Å². The number of rotatable bonds is 6. The van der Waals surface area contributed by atoms with E-state index < -0.39 is 11.5 Å². The minimum Gasteiger partial charge on any atom is -0.480 e. The van der Waals surface area contributed by atoms with E-state index in [1.807, 2.05) is 39.0 Å². The van der Waals surface area contributed by atoms with Crippen LogP contribution in [0.3, 0.4) is 0 Å². The molecular weight excluding hydrogens is 310 g/mol. The van der Waals surface area contributed by atoms with Gasteiger partial charge in [0.1, 0.15) is 6.54 Å². The fraction of sp³-hybridized carbons (Fsp3) is 0.467. The first-order chi connectivity index (χ1) is 9.71. The van der Waals surface area contributed by atoms with Gasteiger partial charge in [-0.1, -0.05) is 23.7 Å². The molecule has 1 N–H and O–H groups in total.